The fourth-order valence-electron chi connectivity index (χ4n) is 3.17. The first-order chi connectivity index (χ1) is 15.5. The van der Waals surface area contributed by atoms with Gasteiger partial charge in [0.2, 0.25) is 0 Å². The second kappa shape index (κ2) is 8.86. The van der Waals surface area contributed by atoms with Crippen LogP contribution in [0.5, 0.6) is 0 Å². The molecule has 0 aromatic carbocycles. The van der Waals surface area contributed by atoms with E-state index in [1.165, 1.54) is 16.9 Å². The average molecular weight is 436 g/mol. The number of carbonyl (C=O) groups is 2. The molecule has 4 heterocycles. The monoisotopic (exact) mass is 436 g/mol. The van der Waals surface area contributed by atoms with Crippen molar-refractivity contribution in [1.29, 1.82) is 0 Å². The number of carboxylic acid groups (broad SMARTS) is 1. The minimum Gasteiger partial charge on any atom is -0.464 e. The first-order valence-electron chi connectivity index (χ1n) is 9.65. The molecule has 0 fully saturated rings. The van der Waals surface area contributed by atoms with Gasteiger partial charge in [-0.3, -0.25) is 19.6 Å². The van der Waals surface area contributed by atoms with Crippen LogP contribution in [-0.4, -0.2) is 55.8 Å². The van der Waals surface area contributed by atoms with Crippen molar-refractivity contribution in [3.8, 4) is 22.7 Å². The number of rotatable bonds is 7. The summed E-state index contributed by atoms with van der Waals surface area (Å²) >= 11 is 0. The number of aromatic amines is 1. The summed E-state index contributed by atoms with van der Waals surface area (Å²) in [4.78, 5) is 30.2. The van der Waals surface area contributed by atoms with Crippen LogP contribution >= 0.6 is 0 Å². The lowest BCUT2D eigenvalue weighted by molar-refractivity contribution is 0.0957. The Bertz CT molecular complexity index is 1240. The van der Waals surface area contributed by atoms with Crippen molar-refractivity contribution >= 4 is 17.7 Å². The molecule has 0 aliphatic carbocycles. The van der Waals surface area contributed by atoms with E-state index in [9.17, 15) is 14.7 Å². The molecule has 0 unspecified atom stereocenters. The van der Waals surface area contributed by atoms with Gasteiger partial charge in [-0.05, 0) is 31.2 Å². The van der Waals surface area contributed by atoms with E-state index in [2.05, 4.69) is 20.3 Å². The number of aryl methyl sites for hydroxylation is 1. The Balaban J connectivity index is 1.75. The van der Waals surface area contributed by atoms with Gasteiger partial charge in [0.1, 0.15) is 17.1 Å². The molecule has 4 aromatic rings. The van der Waals surface area contributed by atoms with Crippen LogP contribution in [0.2, 0.25) is 0 Å². The van der Waals surface area contributed by atoms with Crippen molar-refractivity contribution in [3.63, 3.8) is 0 Å². The molecule has 0 saturated carbocycles. The van der Waals surface area contributed by atoms with E-state index in [0.29, 0.717) is 35.1 Å². The van der Waals surface area contributed by atoms with Gasteiger partial charge in [-0.2, -0.15) is 10.2 Å². The van der Waals surface area contributed by atoms with E-state index in [1.54, 1.807) is 43.8 Å². The Kier molecular flexibility index (Phi) is 5.81. The highest BCUT2D eigenvalue weighted by atomic mass is 16.5. The zero-order valence-electron chi connectivity index (χ0n) is 17.3. The van der Waals surface area contributed by atoms with Gasteiger partial charge in [0.25, 0.3) is 0 Å². The van der Waals surface area contributed by atoms with Crippen molar-refractivity contribution in [2.24, 2.45) is 0 Å². The molecule has 11 nitrogen and oxygen atoms in total. The largest absolute Gasteiger partial charge is 0.464 e. The lowest BCUT2D eigenvalue weighted by Crippen LogP contribution is -2.35. The number of ether oxygens (including phenoxy) is 1. The van der Waals surface area contributed by atoms with E-state index in [4.69, 9.17) is 9.15 Å². The third kappa shape index (κ3) is 4.01. The zero-order valence-corrected chi connectivity index (χ0v) is 17.3. The average Bonchev–Trinajstić information content (AvgIpc) is 3.52. The second-order valence-corrected chi connectivity index (χ2v) is 6.83. The van der Waals surface area contributed by atoms with E-state index in [-0.39, 0.29) is 17.1 Å². The molecular weight excluding hydrogens is 416 g/mol. The SMILES string of the molecule is COCCn1cc(N(C(=O)O)C(=O)c2ccc(-c3cn[nH]c3C)o2)c(-c2ccccn2)n1. The Labute approximate surface area is 182 Å². The van der Waals surface area contributed by atoms with Crippen LogP contribution in [0.3, 0.4) is 0 Å². The molecule has 0 atom stereocenters. The molecule has 4 rings (SSSR count). The van der Waals surface area contributed by atoms with Crippen LogP contribution in [0.4, 0.5) is 10.5 Å². The quantitative estimate of drug-likeness (QED) is 0.450. The molecule has 32 heavy (non-hydrogen) atoms. The number of aromatic nitrogens is 5. The molecule has 2 amide bonds. The fraction of sp³-hybridized carbons (Fsp3) is 0.190. The highest BCUT2D eigenvalue weighted by Crippen LogP contribution is 2.31. The van der Waals surface area contributed by atoms with Gasteiger partial charge in [-0.15, -0.1) is 0 Å². The summed E-state index contributed by atoms with van der Waals surface area (Å²) in [5.74, 6) is -0.598. The summed E-state index contributed by atoms with van der Waals surface area (Å²) in [6.07, 6.45) is 3.12. The van der Waals surface area contributed by atoms with Crippen molar-refractivity contribution < 1.29 is 23.8 Å². The van der Waals surface area contributed by atoms with Crippen LogP contribution in [-0.2, 0) is 11.3 Å². The molecule has 0 spiro atoms. The summed E-state index contributed by atoms with van der Waals surface area (Å²) in [6.45, 7) is 2.53. The summed E-state index contributed by atoms with van der Waals surface area (Å²) in [5, 5.41) is 21.1. The predicted molar refractivity (Wildman–Crippen MR) is 113 cm³/mol. The molecule has 0 bridgehead atoms. The van der Waals surface area contributed by atoms with E-state index in [0.717, 1.165) is 5.69 Å². The number of nitrogens with zero attached hydrogens (tertiary/aromatic N) is 5. The zero-order chi connectivity index (χ0) is 22.7. The number of carbonyl (C=O) groups excluding carboxylic acids is 1. The molecule has 2 N–H and O–H groups in total. The maximum Gasteiger partial charge on any atom is 0.419 e. The summed E-state index contributed by atoms with van der Waals surface area (Å²) in [5.41, 5.74) is 2.16. The van der Waals surface area contributed by atoms with Gasteiger partial charge in [0.05, 0.1) is 36.8 Å². The number of nitrogens with one attached hydrogen (secondary N) is 1. The lowest BCUT2D eigenvalue weighted by atomic mass is 10.2. The minimum absolute atomic E-state index is 0.0646. The Morgan fingerprint density at radius 3 is 2.78 bits per heavy atom. The van der Waals surface area contributed by atoms with Crippen molar-refractivity contribution in [2.45, 2.75) is 13.5 Å². The first-order valence-corrected chi connectivity index (χ1v) is 9.65. The summed E-state index contributed by atoms with van der Waals surface area (Å²) in [7, 11) is 1.55. The number of methoxy groups -OCH3 is 1. The smallest absolute Gasteiger partial charge is 0.419 e. The van der Waals surface area contributed by atoms with Crippen LogP contribution in [0.25, 0.3) is 22.7 Å². The number of anilines is 1. The van der Waals surface area contributed by atoms with Crippen molar-refractivity contribution in [3.05, 3.63) is 60.4 Å². The van der Waals surface area contributed by atoms with Crippen molar-refractivity contribution in [1.82, 2.24) is 25.0 Å². The number of amides is 2. The molecule has 11 heteroatoms. The van der Waals surface area contributed by atoms with Crippen LogP contribution in [0.15, 0.2) is 53.3 Å². The number of furan rings is 1. The maximum absolute atomic E-state index is 13.2. The normalized spacial score (nSPS) is 10.9. The molecule has 0 radical (unpaired) electrons. The number of hydrogen-bond donors (Lipinski definition) is 2. The third-order valence-corrected chi connectivity index (χ3v) is 4.72. The van der Waals surface area contributed by atoms with Crippen LogP contribution in [0, 0.1) is 6.92 Å². The highest BCUT2D eigenvalue weighted by Gasteiger charge is 2.32. The van der Waals surface area contributed by atoms with Crippen LogP contribution in [0.1, 0.15) is 16.2 Å². The topological polar surface area (TPSA) is 139 Å². The van der Waals surface area contributed by atoms with Crippen molar-refractivity contribution in [2.75, 3.05) is 18.6 Å². The lowest BCUT2D eigenvalue weighted by Gasteiger charge is -2.15. The summed E-state index contributed by atoms with van der Waals surface area (Å²) < 4.78 is 12.2. The Morgan fingerprint density at radius 2 is 2.12 bits per heavy atom. The number of hydrogen-bond acceptors (Lipinski definition) is 7. The molecule has 4 aromatic heterocycles. The fourth-order valence-corrected chi connectivity index (χ4v) is 3.17. The molecule has 0 aliphatic rings. The number of pyridine rings is 1. The molecule has 164 valence electrons. The van der Waals surface area contributed by atoms with Gasteiger partial charge < -0.3 is 14.3 Å². The highest BCUT2D eigenvalue weighted by molar-refractivity contribution is 6.19. The van der Waals surface area contributed by atoms with E-state index in [1.807, 2.05) is 6.92 Å². The molecule has 0 aliphatic heterocycles. The number of imide groups is 1. The third-order valence-electron chi connectivity index (χ3n) is 4.72. The Hall–Kier alpha value is -4.25. The van der Waals surface area contributed by atoms with E-state index >= 15 is 0 Å². The molecule has 0 saturated heterocycles. The van der Waals surface area contributed by atoms with Crippen LogP contribution < -0.4 is 4.90 Å². The van der Waals surface area contributed by atoms with Gasteiger partial charge in [-0.25, -0.2) is 9.69 Å². The van der Waals surface area contributed by atoms with Gasteiger partial charge in [0.15, 0.2) is 5.76 Å². The second-order valence-electron chi connectivity index (χ2n) is 6.83. The van der Waals surface area contributed by atoms with Gasteiger partial charge in [-0.1, -0.05) is 6.07 Å². The van der Waals surface area contributed by atoms with Gasteiger partial charge in [0, 0.05) is 19.0 Å². The maximum atomic E-state index is 13.2. The standard InChI is InChI=1S/C21H20N6O5/c1-13-14(11-23-24-13)17-6-7-18(32-17)20(28)27(21(29)30)16-12-26(9-10-31-2)25-19(16)15-5-3-4-8-22-15/h3-8,11-12H,9-10H2,1-2H3,(H,23,24)(H,29,30). The first kappa shape index (κ1) is 21.0. The molecular formula is C21H20N6O5. The number of H-pyrrole nitrogens is 1. The summed E-state index contributed by atoms with van der Waals surface area (Å²) in [6, 6.07) is 8.18. The predicted octanol–water partition coefficient (Wildman–Crippen LogP) is 3.21. The minimum atomic E-state index is -1.48. The Morgan fingerprint density at radius 1 is 1.28 bits per heavy atom. The van der Waals surface area contributed by atoms with E-state index < -0.39 is 12.0 Å². The van der Waals surface area contributed by atoms with Gasteiger partial charge >= 0.3 is 12.0 Å².